The number of anilines is 1. The zero-order chi connectivity index (χ0) is 19.6. The van der Waals surface area contributed by atoms with Crippen LogP contribution in [0, 0.1) is 0 Å². The first-order chi connectivity index (χ1) is 13.5. The molecule has 0 saturated heterocycles. The molecule has 3 aromatic rings. The van der Waals surface area contributed by atoms with Gasteiger partial charge < -0.3 is 4.90 Å². The summed E-state index contributed by atoms with van der Waals surface area (Å²) in [6, 6.07) is 17.1. The number of carbonyl (C=O) groups excluding carboxylic acids is 1. The lowest BCUT2D eigenvalue weighted by molar-refractivity contribution is 0.0730. The maximum atomic E-state index is 13.0. The van der Waals surface area contributed by atoms with E-state index in [2.05, 4.69) is 10.1 Å². The summed E-state index contributed by atoms with van der Waals surface area (Å²) < 4.78 is 27.4. The van der Waals surface area contributed by atoms with Gasteiger partial charge in [-0.1, -0.05) is 18.2 Å². The molecule has 1 heterocycles. The topological polar surface area (TPSA) is 66.5 Å². The number of amides is 1. The van der Waals surface area contributed by atoms with E-state index < -0.39 is 10.0 Å². The SMILES string of the molecule is O=C(c1ccc(NS(=O)(=O)c2ccccc2)cc1)N(Cc1ccsc1)C1CC1. The van der Waals surface area contributed by atoms with E-state index in [-0.39, 0.29) is 10.8 Å². The summed E-state index contributed by atoms with van der Waals surface area (Å²) in [5, 5.41) is 4.07. The molecule has 5 nitrogen and oxygen atoms in total. The molecule has 1 saturated carbocycles. The van der Waals surface area contributed by atoms with Crippen molar-refractivity contribution in [3.63, 3.8) is 0 Å². The van der Waals surface area contributed by atoms with Crippen LogP contribution in [0.4, 0.5) is 5.69 Å². The molecule has 0 atom stereocenters. The van der Waals surface area contributed by atoms with Crippen LogP contribution in [0.5, 0.6) is 0 Å². The highest BCUT2D eigenvalue weighted by Crippen LogP contribution is 2.30. The second-order valence-electron chi connectivity index (χ2n) is 6.79. The van der Waals surface area contributed by atoms with E-state index in [1.165, 1.54) is 12.1 Å². The fourth-order valence-corrected chi connectivity index (χ4v) is 4.73. The third-order valence-electron chi connectivity index (χ3n) is 4.62. The molecule has 1 amide bonds. The lowest BCUT2D eigenvalue weighted by Crippen LogP contribution is -2.32. The number of nitrogens with one attached hydrogen (secondary N) is 1. The molecular formula is C21H20N2O3S2. The molecule has 0 radical (unpaired) electrons. The van der Waals surface area contributed by atoms with Crippen molar-refractivity contribution in [3.8, 4) is 0 Å². The number of hydrogen-bond acceptors (Lipinski definition) is 4. The van der Waals surface area contributed by atoms with Crippen molar-refractivity contribution in [1.82, 2.24) is 4.90 Å². The van der Waals surface area contributed by atoms with Gasteiger partial charge in [0.15, 0.2) is 0 Å². The van der Waals surface area contributed by atoms with Crippen LogP contribution in [-0.4, -0.2) is 25.3 Å². The van der Waals surface area contributed by atoms with Crippen molar-refractivity contribution in [2.24, 2.45) is 0 Å². The molecule has 1 N–H and O–H groups in total. The Balaban J connectivity index is 1.48. The van der Waals surface area contributed by atoms with E-state index in [4.69, 9.17) is 0 Å². The first-order valence-corrected chi connectivity index (χ1v) is 11.5. The predicted molar refractivity (Wildman–Crippen MR) is 111 cm³/mol. The summed E-state index contributed by atoms with van der Waals surface area (Å²) in [6.45, 7) is 0.607. The van der Waals surface area contributed by atoms with Crippen LogP contribution >= 0.6 is 11.3 Å². The van der Waals surface area contributed by atoms with E-state index in [9.17, 15) is 13.2 Å². The molecule has 0 unspecified atom stereocenters. The quantitative estimate of drug-likeness (QED) is 0.627. The van der Waals surface area contributed by atoms with Crippen LogP contribution in [0.25, 0.3) is 0 Å². The van der Waals surface area contributed by atoms with Crippen molar-refractivity contribution in [3.05, 3.63) is 82.6 Å². The van der Waals surface area contributed by atoms with Gasteiger partial charge in [0.1, 0.15) is 0 Å². The maximum absolute atomic E-state index is 13.0. The highest BCUT2D eigenvalue weighted by molar-refractivity contribution is 7.92. The first-order valence-electron chi connectivity index (χ1n) is 9.03. The van der Waals surface area contributed by atoms with Crippen LogP contribution < -0.4 is 4.72 Å². The highest BCUT2D eigenvalue weighted by Gasteiger charge is 2.33. The Morgan fingerprint density at radius 2 is 1.75 bits per heavy atom. The van der Waals surface area contributed by atoms with E-state index in [0.29, 0.717) is 23.8 Å². The van der Waals surface area contributed by atoms with Crippen molar-refractivity contribution >= 4 is 33.0 Å². The van der Waals surface area contributed by atoms with Crippen LogP contribution in [0.1, 0.15) is 28.8 Å². The molecule has 7 heteroatoms. The minimum atomic E-state index is -3.64. The molecule has 1 aliphatic carbocycles. The normalized spacial score (nSPS) is 13.9. The van der Waals surface area contributed by atoms with E-state index in [0.717, 1.165) is 18.4 Å². The lowest BCUT2D eigenvalue weighted by Gasteiger charge is -2.22. The lowest BCUT2D eigenvalue weighted by atomic mass is 10.1. The number of hydrogen-bond donors (Lipinski definition) is 1. The molecule has 0 aliphatic heterocycles. The maximum Gasteiger partial charge on any atom is 0.261 e. The smallest absolute Gasteiger partial charge is 0.261 e. The van der Waals surface area contributed by atoms with Crippen LogP contribution in [0.3, 0.4) is 0 Å². The van der Waals surface area contributed by atoms with Crippen molar-refractivity contribution < 1.29 is 13.2 Å². The Hall–Kier alpha value is -2.64. The molecule has 1 aliphatic rings. The molecule has 1 aromatic heterocycles. The average molecular weight is 413 g/mol. The fraction of sp³-hybridized carbons (Fsp3) is 0.190. The fourth-order valence-electron chi connectivity index (χ4n) is 2.99. The van der Waals surface area contributed by atoms with Crippen molar-refractivity contribution in [2.75, 3.05) is 4.72 Å². The first kappa shape index (κ1) is 18.7. The number of sulfonamides is 1. The largest absolute Gasteiger partial charge is 0.331 e. The number of carbonyl (C=O) groups is 1. The van der Waals surface area contributed by atoms with Gasteiger partial charge in [0.2, 0.25) is 0 Å². The van der Waals surface area contributed by atoms with Gasteiger partial charge in [-0.2, -0.15) is 11.3 Å². The van der Waals surface area contributed by atoms with Crippen LogP contribution in [0.2, 0.25) is 0 Å². The summed E-state index contributed by atoms with van der Waals surface area (Å²) in [6.07, 6.45) is 2.07. The van der Waals surface area contributed by atoms with Gasteiger partial charge >= 0.3 is 0 Å². The number of rotatable bonds is 7. The highest BCUT2D eigenvalue weighted by atomic mass is 32.2. The van der Waals surface area contributed by atoms with Gasteiger partial charge in [0, 0.05) is 23.8 Å². The van der Waals surface area contributed by atoms with Crippen LogP contribution in [-0.2, 0) is 16.6 Å². The molecule has 1 fully saturated rings. The van der Waals surface area contributed by atoms with Gasteiger partial charge in [-0.3, -0.25) is 9.52 Å². The monoisotopic (exact) mass is 412 g/mol. The average Bonchev–Trinajstić information content (AvgIpc) is 3.42. The Morgan fingerprint density at radius 3 is 2.36 bits per heavy atom. The van der Waals surface area contributed by atoms with Gasteiger partial charge in [-0.25, -0.2) is 8.42 Å². The summed E-state index contributed by atoms with van der Waals surface area (Å²) in [7, 11) is -3.64. The van der Waals surface area contributed by atoms with Crippen molar-refractivity contribution in [2.45, 2.75) is 30.3 Å². The number of thiophene rings is 1. The third kappa shape index (κ3) is 4.26. The Kier molecular flexibility index (Phi) is 5.19. The zero-order valence-corrected chi connectivity index (χ0v) is 16.7. The van der Waals surface area contributed by atoms with E-state index in [1.54, 1.807) is 53.8 Å². The van der Waals surface area contributed by atoms with Crippen molar-refractivity contribution in [1.29, 1.82) is 0 Å². The predicted octanol–water partition coefficient (Wildman–Crippen LogP) is 4.35. The molecular weight excluding hydrogens is 392 g/mol. The Morgan fingerprint density at radius 1 is 1.04 bits per heavy atom. The van der Waals surface area contributed by atoms with E-state index >= 15 is 0 Å². The summed E-state index contributed by atoms with van der Waals surface area (Å²) >= 11 is 1.62. The van der Waals surface area contributed by atoms with E-state index in [1.807, 2.05) is 16.3 Å². The molecule has 144 valence electrons. The van der Waals surface area contributed by atoms with Gasteiger partial charge in [0.25, 0.3) is 15.9 Å². The molecule has 0 spiro atoms. The summed E-state index contributed by atoms with van der Waals surface area (Å²) in [5.41, 5.74) is 2.12. The second kappa shape index (κ2) is 7.77. The minimum Gasteiger partial charge on any atom is -0.331 e. The Bertz CT molecular complexity index is 1040. The molecule has 2 aromatic carbocycles. The summed E-state index contributed by atoms with van der Waals surface area (Å²) in [5.74, 6) is -0.0221. The van der Waals surface area contributed by atoms with Gasteiger partial charge in [-0.15, -0.1) is 0 Å². The molecule has 0 bridgehead atoms. The number of nitrogens with zero attached hydrogens (tertiary/aromatic N) is 1. The number of benzene rings is 2. The Labute approximate surface area is 168 Å². The van der Waals surface area contributed by atoms with Gasteiger partial charge in [-0.05, 0) is 71.6 Å². The molecule has 4 rings (SSSR count). The minimum absolute atomic E-state index is 0.0221. The zero-order valence-electron chi connectivity index (χ0n) is 15.1. The van der Waals surface area contributed by atoms with Crippen LogP contribution in [0.15, 0.2) is 76.3 Å². The van der Waals surface area contributed by atoms with Gasteiger partial charge in [0.05, 0.1) is 4.90 Å². The summed E-state index contributed by atoms with van der Waals surface area (Å²) in [4.78, 5) is 15.1. The third-order valence-corrected chi connectivity index (χ3v) is 6.75. The standard InChI is InChI=1S/C21H20N2O3S2/c24-21(23(19-10-11-19)14-16-12-13-27-15-16)17-6-8-18(9-7-17)22-28(25,26)20-4-2-1-3-5-20/h1-9,12-13,15,19,22H,10-11,14H2. The second-order valence-corrected chi connectivity index (χ2v) is 9.25. The molecule has 28 heavy (non-hydrogen) atoms.